The van der Waals surface area contributed by atoms with Crippen LogP contribution in [0.1, 0.15) is 38.5 Å². The molecule has 0 spiro atoms. The quantitative estimate of drug-likeness (QED) is 0.652. The largest absolute Gasteiger partial charge is 0.481 e. The minimum absolute atomic E-state index is 0.0216. The molecule has 5 heteroatoms. The monoisotopic (exact) mass is 240 g/mol. The first-order valence-electron chi connectivity index (χ1n) is 6.34. The Morgan fingerprint density at radius 1 is 1.29 bits per heavy atom. The Bertz CT molecular complexity index is 315. The van der Waals surface area contributed by atoms with Crippen LogP contribution in [0.2, 0.25) is 0 Å². The van der Waals surface area contributed by atoms with E-state index in [1.54, 1.807) is 0 Å². The average molecular weight is 240 g/mol. The molecule has 2 aliphatic carbocycles. The first-order chi connectivity index (χ1) is 8.06. The Morgan fingerprint density at radius 3 is 2.53 bits per heavy atom. The van der Waals surface area contributed by atoms with E-state index in [4.69, 9.17) is 10.8 Å². The summed E-state index contributed by atoms with van der Waals surface area (Å²) in [7, 11) is 0. The van der Waals surface area contributed by atoms with E-state index in [-0.39, 0.29) is 23.9 Å². The molecule has 3 unspecified atom stereocenters. The lowest BCUT2D eigenvalue weighted by molar-refractivity contribution is -0.141. The van der Waals surface area contributed by atoms with Crippen LogP contribution in [0.4, 0.5) is 0 Å². The lowest BCUT2D eigenvalue weighted by Gasteiger charge is -2.15. The van der Waals surface area contributed by atoms with Crippen molar-refractivity contribution in [2.45, 2.75) is 50.6 Å². The fourth-order valence-corrected chi connectivity index (χ4v) is 2.53. The standard InChI is InChI=1S/C12H20N2O3/c13-10(7-1-2-7)6-11(15)14-9-4-3-8(5-9)12(16)17/h7-10H,1-6,13H2,(H,14,15)(H,16,17). The van der Waals surface area contributed by atoms with Gasteiger partial charge in [-0.15, -0.1) is 0 Å². The van der Waals surface area contributed by atoms with Crippen LogP contribution in [0.5, 0.6) is 0 Å². The summed E-state index contributed by atoms with van der Waals surface area (Å²) >= 11 is 0. The molecule has 2 saturated carbocycles. The fourth-order valence-electron chi connectivity index (χ4n) is 2.53. The fraction of sp³-hybridized carbons (Fsp3) is 0.833. The van der Waals surface area contributed by atoms with Crippen LogP contribution in [-0.4, -0.2) is 29.1 Å². The predicted octanol–water partition coefficient (Wildman–Crippen LogP) is 0.483. The lowest BCUT2D eigenvalue weighted by Crippen LogP contribution is -2.38. The molecule has 17 heavy (non-hydrogen) atoms. The summed E-state index contributed by atoms with van der Waals surface area (Å²) in [5.74, 6) is -0.551. The van der Waals surface area contributed by atoms with Gasteiger partial charge in [-0.3, -0.25) is 9.59 Å². The second kappa shape index (κ2) is 5.04. The molecule has 0 aromatic carbocycles. The smallest absolute Gasteiger partial charge is 0.306 e. The number of carbonyl (C=O) groups is 2. The average Bonchev–Trinajstić information content (AvgIpc) is 2.99. The van der Waals surface area contributed by atoms with Gasteiger partial charge in [0.25, 0.3) is 0 Å². The van der Waals surface area contributed by atoms with Gasteiger partial charge in [0, 0.05) is 18.5 Å². The Balaban J connectivity index is 1.70. The molecule has 0 radical (unpaired) electrons. The Hall–Kier alpha value is -1.10. The normalized spacial score (nSPS) is 29.9. The SMILES string of the molecule is NC(CC(=O)NC1CCC(C(=O)O)C1)C1CC1. The topological polar surface area (TPSA) is 92.4 Å². The van der Waals surface area contributed by atoms with Gasteiger partial charge in [-0.25, -0.2) is 0 Å². The Kier molecular flexibility index (Phi) is 3.66. The number of nitrogens with two attached hydrogens (primary N) is 1. The summed E-state index contributed by atoms with van der Waals surface area (Å²) < 4.78 is 0. The molecule has 2 fully saturated rings. The lowest BCUT2D eigenvalue weighted by atomic mass is 10.1. The maximum atomic E-state index is 11.7. The molecule has 1 amide bonds. The highest BCUT2D eigenvalue weighted by molar-refractivity contribution is 5.77. The number of nitrogens with one attached hydrogen (secondary N) is 1. The molecular formula is C12H20N2O3. The van der Waals surface area contributed by atoms with Crippen LogP contribution in [0.25, 0.3) is 0 Å². The molecule has 0 aromatic heterocycles. The van der Waals surface area contributed by atoms with E-state index in [0.717, 1.165) is 19.3 Å². The van der Waals surface area contributed by atoms with E-state index in [1.165, 1.54) is 0 Å². The van der Waals surface area contributed by atoms with Crippen molar-refractivity contribution in [3.63, 3.8) is 0 Å². The number of rotatable bonds is 5. The summed E-state index contributed by atoms with van der Waals surface area (Å²) in [4.78, 5) is 22.5. The van der Waals surface area contributed by atoms with Gasteiger partial charge >= 0.3 is 5.97 Å². The minimum atomic E-state index is -0.753. The first kappa shape index (κ1) is 12.4. The van der Waals surface area contributed by atoms with Crippen molar-refractivity contribution in [1.29, 1.82) is 0 Å². The third kappa shape index (κ3) is 3.43. The summed E-state index contributed by atoms with van der Waals surface area (Å²) in [6.45, 7) is 0. The molecule has 0 saturated heterocycles. The molecule has 3 atom stereocenters. The zero-order chi connectivity index (χ0) is 12.4. The summed E-state index contributed by atoms with van der Waals surface area (Å²) in [5.41, 5.74) is 5.87. The summed E-state index contributed by atoms with van der Waals surface area (Å²) in [6, 6.07) is 0.00155. The molecule has 0 aromatic rings. The number of carboxylic acids is 1. The second-order valence-corrected chi connectivity index (χ2v) is 5.32. The Morgan fingerprint density at radius 2 is 2.00 bits per heavy atom. The van der Waals surface area contributed by atoms with Crippen LogP contribution >= 0.6 is 0 Å². The van der Waals surface area contributed by atoms with Gasteiger partial charge in [-0.2, -0.15) is 0 Å². The van der Waals surface area contributed by atoms with Gasteiger partial charge in [0.1, 0.15) is 0 Å². The number of hydrogen-bond donors (Lipinski definition) is 3. The molecule has 2 aliphatic rings. The molecule has 0 aliphatic heterocycles. The number of carbonyl (C=O) groups excluding carboxylic acids is 1. The number of hydrogen-bond acceptors (Lipinski definition) is 3. The van der Waals surface area contributed by atoms with Gasteiger partial charge in [-0.1, -0.05) is 0 Å². The second-order valence-electron chi connectivity index (χ2n) is 5.32. The zero-order valence-electron chi connectivity index (χ0n) is 9.89. The van der Waals surface area contributed by atoms with Crippen LogP contribution < -0.4 is 11.1 Å². The molecule has 5 nitrogen and oxygen atoms in total. The van der Waals surface area contributed by atoms with Crippen molar-refractivity contribution in [3.05, 3.63) is 0 Å². The van der Waals surface area contributed by atoms with Crippen molar-refractivity contribution in [2.24, 2.45) is 17.6 Å². The maximum Gasteiger partial charge on any atom is 0.306 e. The van der Waals surface area contributed by atoms with Gasteiger partial charge in [0.2, 0.25) is 5.91 Å². The molecular weight excluding hydrogens is 220 g/mol. The minimum Gasteiger partial charge on any atom is -0.481 e. The molecule has 96 valence electrons. The third-order valence-corrected chi connectivity index (χ3v) is 3.80. The van der Waals surface area contributed by atoms with E-state index in [9.17, 15) is 9.59 Å². The highest BCUT2D eigenvalue weighted by atomic mass is 16.4. The van der Waals surface area contributed by atoms with Crippen LogP contribution in [0.15, 0.2) is 0 Å². The number of aliphatic carboxylic acids is 1. The summed E-state index contributed by atoms with van der Waals surface area (Å²) in [6.07, 6.45) is 4.63. The third-order valence-electron chi connectivity index (χ3n) is 3.80. The van der Waals surface area contributed by atoms with Crippen molar-refractivity contribution < 1.29 is 14.7 Å². The van der Waals surface area contributed by atoms with Crippen LogP contribution in [0.3, 0.4) is 0 Å². The molecule has 4 N–H and O–H groups in total. The highest BCUT2D eigenvalue weighted by Gasteiger charge is 2.33. The van der Waals surface area contributed by atoms with E-state index >= 15 is 0 Å². The van der Waals surface area contributed by atoms with Crippen molar-refractivity contribution in [3.8, 4) is 0 Å². The molecule has 2 rings (SSSR count). The molecule has 0 heterocycles. The van der Waals surface area contributed by atoms with E-state index in [1.807, 2.05) is 0 Å². The number of carboxylic acid groups (broad SMARTS) is 1. The van der Waals surface area contributed by atoms with Crippen LogP contribution in [-0.2, 0) is 9.59 Å². The molecule has 0 bridgehead atoms. The summed E-state index contributed by atoms with van der Waals surface area (Å²) in [5, 5.41) is 11.8. The van der Waals surface area contributed by atoms with Crippen LogP contribution in [0, 0.1) is 11.8 Å². The van der Waals surface area contributed by atoms with Gasteiger partial charge < -0.3 is 16.2 Å². The van der Waals surface area contributed by atoms with Crippen molar-refractivity contribution in [2.75, 3.05) is 0 Å². The van der Waals surface area contributed by atoms with E-state index < -0.39 is 5.97 Å². The van der Waals surface area contributed by atoms with E-state index in [0.29, 0.717) is 25.2 Å². The zero-order valence-corrected chi connectivity index (χ0v) is 9.89. The highest BCUT2D eigenvalue weighted by Crippen LogP contribution is 2.33. The Labute approximate surface area is 101 Å². The van der Waals surface area contributed by atoms with Gasteiger partial charge in [0.05, 0.1) is 5.92 Å². The van der Waals surface area contributed by atoms with E-state index in [2.05, 4.69) is 5.32 Å². The van der Waals surface area contributed by atoms with Crippen molar-refractivity contribution in [1.82, 2.24) is 5.32 Å². The predicted molar refractivity (Wildman–Crippen MR) is 62.2 cm³/mol. The van der Waals surface area contributed by atoms with Gasteiger partial charge in [-0.05, 0) is 38.0 Å². The maximum absolute atomic E-state index is 11.7. The first-order valence-corrected chi connectivity index (χ1v) is 6.34. The van der Waals surface area contributed by atoms with Crippen molar-refractivity contribution >= 4 is 11.9 Å². The van der Waals surface area contributed by atoms with Gasteiger partial charge in [0.15, 0.2) is 0 Å². The number of amides is 1.